The molecular formula is C13H15ClN2O2. The number of halogens is 1. The zero-order chi connectivity index (χ0) is 13.1. The van der Waals surface area contributed by atoms with E-state index in [0.29, 0.717) is 16.6 Å². The molecule has 0 spiro atoms. The van der Waals surface area contributed by atoms with Gasteiger partial charge in [-0.2, -0.15) is 0 Å². The Labute approximate surface area is 111 Å². The Hall–Kier alpha value is -1.39. The number of hydrogen-bond acceptors (Lipinski definition) is 3. The van der Waals surface area contributed by atoms with E-state index < -0.39 is 4.92 Å². The van der Waals surface area contributed by atoms with E-state index in [0.717, 1.165) is 12.1 Å². The van der Waals surface area contributed by atoms with Crippen LogP contribution < -0.4 is 5.32 Å². The summed E-state index contributed by atoms with van der Waals surface area (Å²) in [6.45, 7) is 2.79. The number of nitro benzene ring substituents is 1. The summed E-state index contributed by atoms with van der Waals surface area (Å²) >= 11 is 6.03. The van der Waals surface area contributed by atoms with Gasteiger partial charge in [0.25, 0.3) is 5.69 Å². The van der Waals surface area contributed by atoms with Crippen LogP contribution in [-0.4, -0.2) is 17.5 Å². The second kappa shape index (κ2) is 5.50. The maximum atomic E-state index is 10.7. The molecule has 5 heteroatoms. The van der Waals surface area contributed by atoms with E-state index in [1.165, 1.54) is 25.0 Å². The van der Waals surface area contributed by atoms with Gasteiger partial charge in [-0.05, 0) is 31.4 Å². The average molecular weight is 267 g/mol. The maximum absolute atomic E-state index is 10.7. The molecule has 0 aromatic heterocycles. The minimum atomic E-state index is -0.411. The van der Waals surface area contributed by atoms with E-state index in [2.05, 4.69) is 5.32 Å². The van der Waals surface area contributed by atoms with Crippen molar-refractivity contribution < 1.29 is 4.92 Å². The molecule has 1 aliphatic rings. The molecule has 4 nitrogen and oxygen atoms in total. The molecule has 0 heterocycles. The van der Waals surface area contributed by atoms with Crippen LogP contribution in [0.15, 0.2) is 23.8 Å². The van der Waals surface area contributed by atoms with Gasteiger partial charge < -0.3 is 5.32 Å². The summed E-state index contributed by atoms with van der Waals surface area (Å²) in [6, 6.07) is 5.13. The van der Waals surface area contributed by atoms with Gasteiger partial charge in [0.2, 0.25) is 0 Å². The fourth-order valence-corrected chi connectivity index (χ4v) is 1.84. The van der Waals surface area contributed by atoms with Crippen molar-refractivity contribution in [2.75, 3.05) is 6.54 Å². The number of benzene rings is 1. The van der Waals surface area contributed by atoms with Crippen molar-refractivity contribution >= 4 is 23.4 Å². The van der Waals surface area contributed by atoms with Crippen molar-refractivity contribution in [1.29, 1.82) is 0 Å². The van der Waals surface area contributed by atoms with Gasteiger partial charge in [0.1, 0.15) is 0 Å². The smallest absolute Gasteiger partial charge is 0.270 e. The molecule has 0 radical (unpaired) electrons. The van der Waals surface area contributed by atoms with Crippen LogP contribution in [0.1, 0.15) is 25.3 Å². The van der Waals surface area contributed by atoms with E-state index >= 15 is 0 Å². The predicted octanol–water partition coefficient (Wildman–Crippen LogP) is 3.40. The fraction of sp³-hybridized carbons (Fsp3) is 0.385. The van der Waals surface area contributed by atoms with E-state index in [1.54, 1.807) is 6.07 Å². The van der Waals surface area contributed by atoms with Crippen LogP contribution in [0.5, 0.6) is 0 Å². The van der Waals surface area contributed by atoms with Crippen LogP contribution in [-0.2, 0) is 0 Å². The van der Waals surface area contributed by atoms with Crippen molar-refractivity contribution in [1.82, 2.24) is 5.32 Å². The SMILES string of the molecule is CC(=Cc1cc([N+](=O)[O-])ccc1Cl)CNC1CC1. The van der Waals surface area contributed by atoms with E-state index in [1.807, 2.05) is 13.0 Å². The van der Waals surface area contributed by atoms with Crippen LogP contribution in [0, 0.1) is 10.1 Å². The third-order valence-electron chi connectivity index (χ3n) is 2.84. The second-order valence-corrected chi connectivity index (χ2v) is 5.02. The first kappa shape index (κ1) is 13.1. The molecule has 1 aromatic rings. The van der Waals surface area contributed by atoms with Crippen LogP contribution in [0.3, 0.4) is 0 Å². The first-order valence-electron chi connectivity index (χ1n) is 5.91. The highest BCUT2D eigenvalue weighted by Crippen LogP contribution is 2.24. The van der Waals surface area contributed by atoms with Crippen LogP contribution >= 0.6 is 11.6 Å². The Bertz CT molecular complexity index is 496. The highest BCUT2D eigenvalue weighted by Gasteiger charge is 2.19. The standard InChI is InChI=1S/C13H15ClN2O2/c1-9(8-15-11-2-3-11)6-10-7-12(16(17)18)4-5-13(10)14/h4-7,11,15H,2-3,8H2,1H3. The van der Waals surface area contributed by atoms with Crippen molar-refractivity contribution in [2.45, 2.75) is 25.8 Å². The van der Waals surface area contributed by atoms with Crippen LogP contribution in [0.4, 0.5) is 5.69 Å². The minimum absolute atomic E-state index is 0.0635. The molecule has 1 fully saturated rings. The van der Waals surface area contributed by atoms with E-state index in [4.69, 9.17) is 11.6 Å². The third kappa shape index (κ3) is 3.55. The molecule has 96 valence electrons. The van der Waals surface area contributed by atoms with Crippen molar-refractivity contribution in [2.24, 2.45) is 0 Å². The topological polar surface area (TPSA) is 55.2 Å². The number of nitro groups is 1. The highest BCUT2D eigenvalue weighted by atomic mass is 35.5. The summed E-state index contributed by atoms with van der Waals surface area (Å²) in [6.07, 6.45) is 4.38. The molecule has 0 aliphatic heterocycles. The summed E-state index contributed by atoms with van der Waals surface area (Å²) in [5, 5.41) is 14.6. The Kier molecular flexibility index (Phi) is 3.99. The predicted molar refractivity (Wildman–Crippen MR) is 72.8 cm³/mol. The first-order chi connectivity index (χ1) is 8.56. The lowest BCUT2D eigenvalue weighted by atomic mass is 10.1. The van der Waals surface area contributed by atoms with Gasteiger partial charge in [0.15, 0.2) is 0 Å². The van der Waals surface area contributed by atoms with Gasteiger partial charge in [-0.1, -0.05) is 23.3 Å². The summed E-state index contributed by atoms with van der Waals surface area (Å²) in [7, 11) is 0. The molecule has 1 aromatic carbocycles. The van der Waals surface area contributed by atoms with Crippen molar-refractivity contribution in [3.05, 3.63) is 44.5 Å². The van der Waals surface area contributed by atoms with E-state index in [-0.39, 0.29) is 5.69 Å². The summed E-state index contributed by atoms with van der Waals surface area (Å²) < 4.78 is 0. The fourth-order valence-electron chi connectivity index (χ4n) is 1.66. The number of nitrogens with one attached hydrogen (secondary N) is 1. The molecule has 18 heavy (non-hydrogen) atoms. The Morgan fingerprint density at radius 3 is 2.94 bits per heavy atom. The second-order valence-electron chi connectivity index (χ2n) is 4.61. The summed E-state index contributed by atoms with van der Waals surface area (Å²) in [5.74, 6) is 0. The first-order valence-corrected chi connectivity index (χ1v) is 6.28. The number of nitrogens with zero attached hydrogens (tertiary/aromatic N) is 1. The molecule has 0 saturated heterocycles. The maximum Gasteiger partial charge on any atom is 0.270 e. The zero-order valence-electron chi connectivity index (χ0n) is 10.1. The third-order valence-corrected chi connectivity index (χ3v) is 3.18. The largest absolute Gasteiger partial charge is 0.310 e. The monoisotopic (exact) mass is 266 g/mol. The van der Waals surface area contributed by atoms with Gasteiger partial charge in [0.05, 0.1) is 4.92 Å². The van der Waals surface area contributed by atoms with Gasteiger partial charge in [-0.25, -0.2) is 0 Å². The van der Waals surface area contributed by atoms with Crippen molar-refractivity contribution in [3.8, 4) is 0 Å². The number of rotatable bonds is 5. The average Bonchev–Trinajstić information content (AvgIpc) is 3.13. The normalized spacial score (nSPS) is 15.8. The molecule has 2 rings (SSSR count). The lowest BCUT2D eigenvalue weighted by molar-refractivity contribution is -0.384. The molecule has 0 bridgehead atoms. The van der Waals surface area contributed by atoms with Crippen molar-refractivity contribution in [3.63, 3.8) is 0 Å². The molecule has 0 unspecified atom stereocenters. The van der Waals surface area contributed by atoms with Gasteiger partial charge in [0, 0.05) is 29.7 Å². The molecule has 0 amide bonds. The van der Waals surface area contributed by atoms with Crippen LogP contribution in [0.25, 0.3) is 6.08 Å². The molecule has 0 atom stereocenters. The summed E-state index contributed by atoms with van der Waals surface area (Å²) in [4.78, 5) is 10.3. The molecular weight excluding hydrogens is 252 g/mol. The minimum Gasteiger partial charge on any atom is -0.310 e. The Morgan fingerprint density at radius 1 is 1.61 bits per heavy atom. The Morgan fingerprint density at radius 2 is 2.33 bits per heavy atom. The van der Waals surface area contributed by atoms with Gasteiger partial charge in [-0.15, -0.1) is 0 Å². The number of hydrogen-bond donors (Lipinski definition) is 1. The Balaban J connectivity index is 2.12. The van der Waals surface area contributed by atoms with Gasteiger partial charge >= 0.3 is 0 Å². The molecule has 1 aliphatic carbocycles. The lowest BCUT2D eigenvalue weighted by Gasteiger charge is -2.04. The zero-order valence-corrected chi connectivity index (χ0v) is 10.9. The highest BCUT2D eigenvalue weighted by molar-refractivity contribution is 6.32. The number of non-ortho nitro benzene ring substituents is 1. The molecule has 1 N–H and O–H groups in total. The molecule has 1 saturated carbocycles. The lowest BCUT2D eigenvalue weighted by Crippen LogP contribution is -2.18. The van der Waals surface area contributed by atoms with Gasteiger partial charge in [-0.3, -0.25) is 10.1 Å². The van der Waals surface area contributed by atoms with Crippen LogP contribution in [0.2, 0.25) is 5.02 Å². The van der Waals surface area contributed by atoms with E-state index in [9.17, 15) is 10.1 Å². The quantitative estimate of drug-likeness (QED) is 0.656. The summed E-state index contributed by atoms with van der Waals surface area (Å²) in [5.41, 5.74) is 1.87.